The molecule has 1 aromatic carbocycles. The molecule has 3 heteroatoms. The molecule has 0 spiro atoms. The van der Waals surface area contributed by atoms with E-state index in [1.165, 1.54) is 11.1 Å². The van der Waals surface area contributed by atoms with E-state index in [0.717, 1.165) is 6.54 Å². The van der Waals surface area contributed by atoms with Gasteiger partial charge in [0.15, 0.2) is 0 Å². The SMILES string of the molecule is Cc1ccc(CNC(C)(CN)C(C)C)cc1.Cl. The van der Waals surface area contributed by atoms with Crippen LogP contribution >= 0.6 is 12.4 Å². The van der Waals surface area contributed by atoms with E-state index in [1.807, 2.05) is 0 Å². The summed E-state index contributed by atoms with van der Waals surface area (Å²) in [6, 6.07) is 8.62. The first-order chi connectivity index (χ1) is 7.48. The first-order valence-electron chi connectivity index (χ1n) is 5.98. The molecule has 0 radical (unpaired) electrons. The van der Waals surface area contributed by atoms with Crippen molar-refractivity contribution in [2.24, 2.45) is 11.7 Å². The second-order valence-corrected chi connectivity index (χ2v) is 5.12. The molecule has 0 aliphatic heterocycles. The summed E-state index contributed by atoms with van der Waals surface area (Å²) in [5.74, 6) is 0.531. The molecule has 2 nitrogen and oxygen atoms in total. The number of nitrogens with one attached hydrogen (secondary N) is 1. The Kier molecular flexibility index (Phi) is 6.76. The lowest BCUT2D eigenvalue weighted by molar-refractivity contribution is 0.267. The zero-order valence-electron chi connectivity index (χ0n) is 11.3. The van der Waals surface area contributed by atoms with Crippen LogP contribution < -0.4 is 11.1 Å². The van der Waals surface area contributed by atoms with Gasteiger partial charge in [-0.3, -0.25) is 0 Å². The summed E-state index contributed by atoms with van der Waals surface area (Å²) in [6.45, 7) is 10.2. The highest BCUT2D eigenvalue weighted by Gasteiger charge is 2.25. The monoisotopic (exact) mass is 256 g/mol. The maximum Gasteiger partial charge on any atom is 0.0301 e. The molecule has 0 aliphatic carbocycles. The molecule has 0 bridgehead atoms. The molecule has 3 N–H and O–H groups in total. The third kappa shape index (κ3) is 4.66. The molecule has 0 aromatic heterocycles. The lowest BCUT2D eigenvalue weighted by atomic mass is 9.88. The van der Waals surface area contributed by atoms with E-state index in [-0.39, 0.29) is 17.9 Å². The van der Waals surface area contributed by atoms with Crippen molar-refractivity contribution in [3.63, 3.8) is 0 Å². The summed E-state index contributed by atoms with van der Waals surface area (Å²) in [4.78, 5) is 0. The van der Waals surface area contributed by atoms with Crippen LogP contribution in [0.2, 0.25) is 0 Å². The quantitative estimate of drug-likeness (QED) is 0.850. The molecule has 1 atom stereocenters. The maximum absolute atomic E-state index is 5.83. The average molecular weight is 257 g/mol. The zero-order valence-corrected chi connectivity index (χ0v) is 12.1. The topological polar surface area (TPSA) is 38.0 Å². The summed E-state index contributed by atoms with van der Waals surface area (Å²) < 4.78 is 0. The number of halogens is 1. The molecule has 98 valence electrons. The molecule has 1 aromatic rings. The summed E-state index contributed by atoms with van der Waals surface area (Å²) >= 11 is 0. The maximum atomic E-state index is 5.83. The van der Waals surface area contributed by atoms with Crippen LogP contribution in [-0.2, 0) is 6.54 Å². The Morgan fingerprint density at radius 3 is 2.18 bits per heavy atom. The standard InChI is InChI=1S/C14H24N2.ClH/c1-11(2)14(4,10-15)16-9-13-7-5-12(3)6-8-13;/h5-8,11,16H,9-10,15H2,1-4H3;1H. The lowest BCUT2D eigenvalue weighted by Gasteiger charge is -2.33. The van der Waals surface area contributed by atoms with Gasteiger partial charge in [-0.05, 0) is 25.3 Å². The molecule has 0 amide bonds. The lowest BCUT2D eigenvalue weighted by Crippen LogP contribution is -2.52. The molecule has 0 aliphatic rings. The van der Waals surface area contributed by atoms with Gasteiger partial charge < -0.3 is 11.1 Å². The Balaban J connectivity index is 0.00000256. The van der Waals surface area contributed by atoms with Gasteiger partial charge in [-0.2, -0.15) is 0 Å². The van der Waals surface area contributed by atoms with Gasteiger partial charge in [-0.25, -0.2) is 0 Å². The van der Waals surface area contributed by atoms with Crippen molar-refractivity contribution in [2.75, 3.05) is 6.54 Å². The first kappa shape index (κ1) is 16.4. The van der Waals surface area contributed by atoms with E-state index in [0.29, 0.717) is 12.5 Å². The molecular formula is C14H25ClN2. The number of nitrogens with two attached hydrogens (primary N) is 1. The number of rotatable bonds is 5. The van der Waals surface area contributed by atoms with Gasteiger partial charge in [0.05, 0.1) is 0 Å². The minimum atomic E-state index is 0. The van der Waals surface area contributed by atoms with Gasteiger partial charge in [-0.15, -0.1) is 12.4 Å². The van der Waals surface area contributed by atoms with Crippen molar-refractivity contribution in [2.45, 2.75) is 39.8 Å². The summed E-state index contributed by atoms with van der Waals surface area (Å²) in [6.07, 6.45) is 0. The number of aryl methyl sites for hydroxylation is 1. The van der Waals surface area contributed by atoms with Crippen LogP contribution in [-0.4, -0.2) is 12.1 Å². The van der Waals surface area contributed by atoms with Crippen molar-refractivity contribution in [3.05, 3.63) is 35.4 Å². The predicted molar refractivity (Wildman–Crippen MR) is 77.6 cm³/mol. The van der Waals surface area contributed by atoms with Crippen LogP contribution in [0, 0.1) is 12.8 Å². The van der Waals surface area contributed by atoms with Crippen LogP contribution in [0.25, 0.3) is 0 Å². The Labute approximate surface area is 111 Å². The zero-order chi connectivity index (χ0) is 12.2. The molecule has 17 heavy (non-hydrogen) atoms. The van der Waals surface area contributed by atoms with Gasteiger partial charge in [0.25, 0.3) is 0 Å². The Morgan fingerprint density at radius 2 is 1.76 bits per heavy atom. The smallest absolute Gasteiger partial charge is 0.0301 e. The van der Waals surface area contributed by atoms with Gasteiger partial charge in [-0.1, -0.05) is 43.7 Å². The van der Waals surface area contributed by atoms with Crippen molar-refractivity contribution in [1.29, 1.82) is 0 Å². The van der Waals surface area contributed by atoms with Gasteiger partial charge in [0, 0.05) is 18.6 Å². The van der Waals surface area contributed by atoms with E-state index in [9.17, 15) is 0 Å². The van der Waals surface area contributed by atoms with Crippen LogP contribution in [0.15, 0.2) is 24.3 Å². The number of benzene rings is 1. The molecule has 0 fully saturated rings. The van der Waals surface area contributed by atoms with Crippen LogP contribution in [0.1, 0.15) is 31.9 Å². The normalized spacial score (nSPS) is 14.2. The third-order valence-corrected chi connectivity index (χ3v) is 3.52. The third-order valence-electron chi connectivity index (χ3n) is 3.52. The van der Waals surface area contributed by atoms with E-state index >= 15 is 0 Å². The van der Waals surface area contributed by atoms with Gasteiger partial charge in [0.1, 0.15) is 0 Å². The second-order valence-electron chi connectivity index (χ2n) is 5.12. The largest absolute Gasteiger partial charge is 0.329 e. The summed E-state index contributed by atoms with van der Waals surface area (Å²) in [5, 5.41) is 3.56. The van der Waals surface area contributed by atoms with Gasteiger partial charge >= 0.3 is 0 Å². The fraction of sp³-hybridized carbons (Fsp3) is 0.571. The van der Waals surface area contributed by atoms with Gasteiger partial charge in [0.2, 0.25) is 0 Å². The van der Waals surface area contributed by atoms with E-state index in [4.69, 9.17) is 5.73 Å². The highest BCUT2D eigenvalue weighted by Crippen LogP contribution is 2.15. The second kappa shape index (κ2) is 7.00. The minimum Gasteiger partial charge on any atom is -0.329 e. The number of hydrogen-bond acceptors (Lipinski definition) is 2. The Hall–Kier alpha value is -0.570. The molecule has 0 heterocycles. The predicted octanol–water partition coefficient (Wildman–Crippen LogP) is 2.88. The molecule has 1 rings (SSSR count). The van der Waals surface area contributed by atoms with Crippen molar-refractivity contribution >= 4 is 12.4 Å². The highest BCUT2D eigenvalue weighted by atomic mass is 35.5. The van der Waals surface area contributed by atoms with E-state index < -0.39 is 0 Å². The summed E-state index contributed by atoms with van der Waals surface area (Å²) in [7, 11) is 0. The first-order valence-corrected chi connectivity index (χ1v) is 5.98. The Morgan fingerprint density at radius 1 is 1.24 bits per heavy atom. The molecule has 0 saturated heterocycles. The average Bonchev–Trinajstić information content (AvgIpc) is 2.27. The Bertz CT molecular complexity index is 321. The summed E-state index contributed by atoms with van der Waals surface area (Å²) in [5.41, 5.74) is 8.46. The van der Waals surface area contributed by atoms with E-state index in [1.54, 1.807) is 0 Å². The van der Waals surface area contributed by atoms with Crippen LogP contribution in [0.4, 0.5) is 0 Å². The van der Waals surface area contributed by atoms with Crippen molar-refractivity contribution < 1.29 is 0 Å². The van der Waals surface area contributed by atoms with Crippen LogP contribution in [0.3, 0.4) is 0 Å². The van der Waals surface area contributed by atoms with Crippen molar-refractivity contribution in [3.8, 4) is 0 Å². The minimum absolute atomic E-state index is 0. The fourth-order valence-electron chi connectivity index (χ4n) is 1.52. The highest BCUT2D eigenvalue weighted by molar-refractivity contribution is 5.85. The van der Waals surface area contributed by atoms with Crippen LogP contribution in [0.5, 0.6) is 0 Å². The van der Waals surface area contributed by atoms with E-state index in [2.05, 4.69) is 57.3 Å². The number of hydrogen-bond donors (Lipinski definition) is 2. The van der Waals surface area contributed by atoms with Crippen molar-refractivity contribution in [1.82, 2.24) is 5.32 Å². The molecule has 0 saturated carbocycles. The molecule has 1 unspecified atom stereocenters. The molecular weight excluding hydrogens is 232 g/mol. The fourth-order valence-corrected chi connectivity index (χ4v) is 1.52.